The smallest absolute Gasteiger partial charge is 0.316 e. The first-order chi connectivity index (χ1) is 14.1. The van der Waals surface area contributed by atoms with Gasteiger partial charge in [-0.05, 0) is 42.3 Å². The lowest BCUT2D eigenvalue weighted by Gasteiger charge is -2.29. The predicted octanol–water partition coefficient (Wildman–Crippen LogP) is 3.16. The molecule has 0 radical (unpaired) electrons. The highest BCUT2D eigenvalue weighted by Crippen LogP contribution is 2.34. The van der Waals surface area contributed by atoms with Crippen molar-refractivity contribution in [3.63, 3.8) is 0 Å². The van der Waals surface area contributed by atoms with Crippen LogP contribution in [0.3, 0.4) is 0 Å². The molecule has 2 heterocycles. The molecule has 6 heteroatoms. The molecule has 1 aliphatic heterocycles. The van der Waals surface area contributed by atoms with Gasteiger partial charge in [0.1, 0.15) is 11.8 Å². The van der Waals surface area contributed by atoms with Crippen LogP contribution in [0.2, 0.25) is 0 Å². The number of benzene rings is 2. The molecule has 0 saturated carbocycles. The van der Waals surface area contributed by atoms with Crippen LogP contribution in [0.5, 0.6) is 0 Å². The van der Waals surface area contributed by atoms with Gasteiger partial charge in [0.15, 0.2) is 0 Å². The number of carbonyl (C=O) groups is 2. The first-order valence-corrected chi connectivity index (χ1v) is 9.64. The molecular weight excluding hydrogens is 366 g/mol. The molecule has 2 aromatic carbocycles. The highest BCUT2D eigenvalue weighted by atomic mass is 16.3. The van der Waals surface area contributed by atoms with Crippen molar-refractivity contribution < 1.29 is 14.0 Å². The second-order valence-corrected chi connectivity index (χ2v) is 7.01. The van der Waals surface area contributed by atoms with Gasteiger partial charge in [0.2, 0.25) is 0 Å². The predicted molar refractivity (Wildman–Crippen MR) is 112 cm³/mol. The largest absolute Gasteiger partial charge is 0.467 e. The molecule has 0 aliphatic carbocycles. The van der Waals surface area contributed by atoms with Crippen LogP contribution in [0.25, 0.3) is 0 Å². The van der Waals surface area contributed by atoms with Gasteiger partial charge in [0.25, 0.3) is 0 Å². The average molecular weight is 389 g/mol. The van der Waals surface area contributed by atoms with Gasteiger partial charge in [0, 0.05) is 31.5 Å². The highest BCUT2D eigenvalue weighted by Gasteiger charge is 2.30. The van der Waals surface area contributed by atoms with E-state index in [-0.39, 0.29) is 12.6 Å². The van der Waals surface area contributed by atoms with Crippen molar-refractivity contribution in [3.8, 4) is 0 Å². The Bertz CT molecular complexity index is 986. The summed E-state index contributed by atoms with van der Waals surface area (Å²) in [4.78, 5) is 28.7. The minimum atomic E-state index is -0.639. The summed E-state index contributed by atoms with van der Waals surface area (Å²) in [6, 6.07) is 20.9. The third kappa shape index (κ3) is 3.87. The summed E-state index contributed by atoms with van der Waals surface area (Å²) in [7, 11) is 1.60. The number of para-hydroxylation sites is 2. The van der Waals surface area contributed by atoms with Crippen molar-refractivity contribution in [2.24, 2.45) is 0 Å². The number of rotatable bonds is 5. The second kappa shape index (κ2) is 8.22. The zero-order valence-electron chi connectivity index (χ0n) is 16.2. The van der Waals surface area contributed by atoms with Crippen LogP contribution in [0.15, 0.2) is 77.4 Å². The molecule has 1 aliphatic rings. The summed E-state index contributed by atoms with van der Waals surface area (Å²) in [6.45, 7) is 1.10. The van der Waals surface area contributed by atoms with Gasteiger partial charge in [-0.3, -0.25) is 9.59 Å². The van der Waals surface area contributed by atoms with E-state index in [0.717, 1.165) is 24.4 Å². The maximum atomic E-state index is 12.5. The molecule has 3 aromatic rings. The van der Waals surface area contributed by atoms with Crippen LogP contribution in [0.4, 0.5) is 11.4 Å². The van der Waals surface area contributed by atoms with Gasteiger partial charge in [0.05, 0.1) is 6.26 Å². The molecule has 6 nitrogen and oxygen atoms in total. The summed E-state index contributed by atoms with van der Waals surface area (Å²) < 4.78 is 5.64. The number of nitrogens with zero attached hydrogens (tertiary/aromatic N) is 2. The average Bonchev–Trinajstić information content (AvgIpc) is 3.44. The van der Waals surface area contributed by atoms with E-state index in [2.05, 4.69) is 22.3 Å². The maximum Gasteiger partial charge on any atom is 0.316 e. The lowest BCUT2D eigenvalue weighted by molar-refractivity contribution is -0.137. The minimum Gasteiger partial charge on any atom is -0.467 e. The Balaban J connectivity index is 1.48. The van der Waals surface area contributed by atoms with Crippen molar-refractivity contribution in [1.29, 1.82) is 0 Å². The monoisotopic (exact) mass is 389 g/mol. The van der Waals surface area contributed by atoms with E-state index in [0.29, 0.717) is 5.69 Å². The van der Waals surface area contributed by atoms with Gasteiger partial charge in [-0.25, -0.2) is 0 Å². The molecular formula is C23H23N3O3. The van der Waals surface area contributed by atoms with E-state index in [1.165, 1.54) is 10.5 Å². The number of hydrogen-bond acceptors (Lipinski definition) is 4. The molecule has 4 rings (SSSR count). The van der Waals surface area contributed by atoms with E-state index in [9.17, 15) is 9.59 Å². The number of carbonyl (C=O) groups excluding carboxylic acids is 2. The normalized spacial score (nSPS) is 13.6. The van der Waals surface area contributed by atoms with Gasteiger partial charge in [-0.1, -0.05) is 36.4 Å². The lowest BCUT2D eigenvalue weighted by atomic mass is 10.1. The standard InChI is InChI=1S/C23H23N3O3/c1-25(18-9-3-2-4-10-18)23(28)22(27)24-16-20(21-12-7-15-29-21)26-14-13-17-8-5-6-11-19(17)26/h2-12,15,20H,13-14,16H2,1H3,(H,24,27)/t20-/m0/s1. The van der Waals surface area contributed by atoms with Crippen molar-refractivity contribution in [1.82, 2.24) is 5.32 Å². The Morgan fingerprint density at radius 1 is 1.07 bits per heavy atom. The zero-order valence-corrected chi connectivity index (χ0v) is 16.2. The van der Waals surface area contributed by atoms with E-state index in [1.54, 1.807) is 25.4 Å². The summed E-state index contributed by atoms with van der Waals surface area (Å²) >= 11 is 0. The van der Waals surface area contributed by atoms with Crippen molar-refractivity contribution >= 4 is 23.2 Å². The maximum absolute atomic E-state index is 12.5. The summed E-state index contributed by atoms with van der Waals surface area (Å²) in [5.41, 5.74) is 3.08. The van der Waals surface area contributed by atoms with E-state index in [1.807, 2.05) is 42.5 Å². The Morgan fingerprint density at radius 3 is 2.59 bits per heavy atom. The Hall–Kier alpha value is -3.54. The molecule has 0 unspecified atom stereocenters. The molecule has 1 atom stereocenters. The highest BCUT2D eigenvalue weighted by molar-refractivity contribution is 6.40. The van der Waals surface area contributed by atoms with Crippen LogP contribution in [0, 0.1) is 0 Å². The van der Waals surface area contributed by atoms with Crippen LogP contribution >= 0.6 is 0 Å². The molecule has 0 fully saturated rings. The van der Waals surface area contributed by atoms with E-state index < -0.39 is 11.8 Å². The summed E-state index contributed by atoms with van der Waals surface area (Å²) in [5, 5.41) is 2.80. The molecule has 1 N–H and O–H groups in total. The second-order valence-electron chi connectivity index (χ2n) is 7.01. The van der Waals surface area contributed by atoms with E-state index >= 15 is 0 Å². The lowest BCUT2D eigenvalue weighted by Crippen LogP contribution is -2.44. The van der Waals surface area contributed by atoms with Crippen molar-refractivity contribution in [3.05, 3.63) is 84.3 Å². The summed E-state index contributed by atoms with van der Waals surface area (Å²) in [5.74, 6) is -0.484. The van der Waals surface area contributed by atoms with Gasteiger partial charge >= 0.3 is 11.8 Å². The quantitative estimate of drug-likeness (QED) is 0.681. The minimum absolute atomic E-state index is 0.188. The fourth-order valence-corrected chi connectivity index (χ4v) is 3.72. The molecule has 29 heavy (non-hydrogen) atoms. The third-order valence-corrected chi connectivity index (χ3v) is 5.27. The zero-order chi connectivity index (χ0) is 20.2. The number of hydrogen-bond donors (Lipinski definition) is 1. The van der Waals surface area contributed by atoms with Crippen LogP contribution in [-0.4, -0.2) is 32.0 Å². The Labute approximate surface area is 169 Å². The fraction of sp³-hybridized carbons (Fsp3) is 0.217. The van der Waals surface area contributed by atoms with Gasteiger partial charge in [-0.2, -0.15) is 0 Å². The molecule has 0 saturated heterocycles. The molecule has 1 aromatic heterocycles. The van der Waals surface area contributed by atoms with Crippen molar-refractivity contribution in [2.75, 3.05) is 29.9 Å². The SMILES string of the molecule is CN(C(=O)C(=O)NC[C@@H](c1ccco1)N1CCc2ccccc21)c1ccccc1. The first-order valence-electron chi connectivity index (χ1n) is 9.64. The van der Waals surface area contributed by atoms with Crippen LogP contribution < -0.4 is 15.1 Å². The molecule has 0 spiro atoms. The van der Waals surface area contributed by atoms with E-state index in [4.69, 9.17) is 4.42 Å². The summed E-state index contributed by atoms with van der Waals surface area (Å²) in [6.07, 6.45) is 2.57. The number of fused-ring (bicyclic) bond motifs is 1. The topological polar surface area (TPSA) is 65.8 Å². The first kappa shape index (κ1) is 18.8. The van der Waals surface area contributed by atoms with Gasteiger partial charge in [-0.15, -0.1) is 0 Å². The van der Waals surface area contributed by atoms with Crippen LogP contribution in [0.1, 0.15) is 17.4 Å². The number of furan rings is 1. The molecule has 2 amide bonds. The van der Waals surface area contributed by atoms with Crippen molar-refractivity contribution in [2.45, 2.75) is 12.5 Å². The number of anilines is 2. The fourth-order valence-electron chi connectivity index (χ4n) is 3.72. The Morgan fingerprint density at radius 2 is 1.83 bits per heavy atom. The van der Waals surface area contributed by atoms with Gasteiger partial charge < -0.3 is 19.5 Å². The Kier molecular flexibility index (Phi) is 5.33. The molecule has 0 bridgehead atoms. The number of likely N-dealkylation sites (N-methyl/N-ethyl adjacent to an activating group) is 1. The number of nitrogens with one attached hydrogen (secondary N) is 1. The number of amides is 2. The molecule has 148 valence electrons. The van der Waals surface area contributed by atoms with Crippen LogP contribution in [-0.2, 0) is 16.0 Å². The third-order valence-electron chi connectivity index (χ3n) is 5.27.